The van der Waals surface area contributed by atoms with Crippen LogP contribution < -0.4 is 10.6 Å². The fraction of sp³-hybridized carbons (Fsp3) is 0.400. The molecule has 0 radical (unpaired) electrons. The summed E-state index contributed by atoms with van der Waals surface area (Å²) in [5.74, 6) is 0.502. The Morgan fingerprint density at radius 1 is 1.40 bits per heavy atom. The molecule has 0 saturated carbocycles. The molecule has 78 valence electrons. The lowest BCUT2D eigenvalue weighted by Crippen LogP contribution is -2.36. The Labute approximate surface area is 87.5 Å². The zero-order chi connectivity index (χ0) is 10.4. The number of aryl methyl sites for hydroxylation is 1. The Morgan fingerprint density at radius 2 is 2.20 bits per heavy atom. The number of rotatable bonds is 1. The van der Waals surface area contributed by atoms with Crippen LogP contribution in [-0.2, 0) is 7.05 Å². The van der Waals surface area contributed by atoms with Gasteiger partial charge in [0.15, 0.2) is 5.82 Å². The van der Waals surface area contributed by atoms with E-state index in [1.807, 2.05) is 13.2 Å². The van der Waals surface area contributed by atoms with Gasteiger partial charge >= 0.3 is 0 Å². The van der Waals surface area contributed by atoms with E-state index in [-0.39, 0.29) is 0 Å². The molecule has 0 bridgehead atoms. The van der Waals surface area contributed by atoms with Gasteiger partial charge in [-0.2, -0.15) is 5.10 Å². The van der Waals surface area contributed by atoms with Gasteiger partial charge in [-0.05, 0) is 12.5 Å². The summed E-state index contributed by atoms with van der Waals surface area (Å²) in [5.41, 5.74) is 8.70. The Hall–Kier alpha value is -1.78. The van der Waals surface area contributed by atoms with Crippen LogP contribution in [0.25, 0.3) is 11.0 Å². The second kappa shape index (κ2) is 2.85. The molecule has 0 atom stereocenters. The van der Waals surface area contributed by atoms with Crippen molar-refractivity contribution < 1.29 is 0 Å². The third kappa shape index (κ3) is 1.16. The summed E-state index contributed by atoms with van der Waals surface area (Å²) in [6.45, 7) is 2.25. The third-order valence-electron chi connectivity index (χ3n) is 2.92. The van der Waals surface area contributed by atoms with Crippen molar-refractivity contribution in [1.29, 1.82) is 0 Å². The maximum Gasteiger partial charge on any atom is 0.172 e. The zero-order valence-corrected chi connectivity index (χ0v) is 8.64. The number of hydrogen-bond donors (Lipinski definition) is 1. The highest BCUT2D eigenvalue weighted by Crippen LogP contribution is 2.25. The Morgan fingerprint density at radius 3 is 2.87 bits per heavy atom. The topological polar surface area (TPSA) is 60.0 Å². The molecular weight excluding hydrogens is 190 g/mol. The Bertz CT molecular complexity index is 512. The molecule has 2 N–H and O–H groups in total. The van der Waals surface area contributed by atoms with E-state index in [1.54, 1.807) is 4.68 Å². The molecule has 0 spiro atoms. The highest BCUT2D eigenvalue weighted by atomic mass is 15.3. The van der Waals surface area contributed by atoms with Gasteiger partial charge in [0, 0.05) is 20.1 Å². The first-order valence-electron chi connectivity index (χ1n) is 5.09. The number of nitrogens with two attached hydrogens (primary N) is 1. The van der Waals surface area contributed by atoms with Gasteiger partial charge in [-0.15, -0.1) is 0 Å². The van der Waals surface area contributed by atoms with Crippen LogP contribution in [0.5, 0.6) is 0 Å². The largest absolute Gasteiger partial charge is 0.380 e. The molecule has 0 aliphatic carbocycles. The molecule has 2 aromatic rings. The molecule has 1 fully saturated rings. The van der Waals surface area contributed by atoms with Crippen molar-refractivity contribution in [2.75, 3.05) is 23.7 Å². The van der Waals surface area contributed by atoms with Crippen molar-refractivity contribution in [3.8, 4) is 0 Å². The minimum Gasteiger partial charge on any atom is -0.380 e. The fourth-order valence-electron chi connectivity index (χ4n) is 1.90. The molecule has 3 rings (SSSR count). The van der Waals surface area contributed by atoms with Crippen LogP contribution in [0.3, 0.4) is 0 Å². The average molecular weight is 203 g/mol. The lowest BCUT2D eigenvalue weighted by Gasteiger charge is -2.32. The highest BCUT2D eigenvalue weighted by molar-refractivity contribution is 5.87. The number of aromatic nitrogens is 3. The van der Waals surface area contributed by atoms with Gasteiger partial charge in [-0.25, -0.2) is 4.98 Å². The van der Waals surface area contributed by atoms with Crippen LogP contribution in [0.15, 0.2) is 12.3 Å². The molecule has 5 heteroatoms. The normalized spacial score (nSPS) is 15.7. The van der Waals surface area contributed by atoms with Crippen LogP contribution in [-0.4, -0.2) is 27.9 Å². The maximum absolute atomic E-state index is 5.74. The van der Waals surface area contributed by atoms with Gasteiger partial charge in [-0.3, -0.25) is 4.68 Å². The van der Waals surface area contributed by atoms with Gasteiger partial charge in [0.2, 0.25) is 0 Å². The Kier molecular flexibility index (Phi) is 1.62. The molecule has 0 amide bonds. The van der Waals surface area contributed by atoms with E-state index in [9.17, 15) is 0 Å². The summed E-state index contributed by atoms with van der Waals surface area (Å²) in [6.07, 6.45) is 3.14. The molecule has 3 heterocycles. The van der Waals surface area contributed by atoms with E-state index in [0.29, 0.717) is 5.82 Å². The first-order chi connectivity index (χ1) is 7.25. The number of fused-ring (bicyclic) bond motifs is 1. The molecule has 0 unspecified atom stereocenters. The van der Waals surface area contributed by atoms with Crippen LogP contribution in [0.1, 0.15) is 6.42 Å². The van der Waals surface area contributed by atoms with Gasteiger partial charge in [0.1, 0.15) is 5.52 Å². The summed E-state index contributed by atoms with van der Waals surface area (Å²) in [5, 5.41) is 4.15. The monoisotopic (exact) mass is 203 g/mol. The van der Waals surface area contributed by atoms with E-state index in [4.69, 9.17) is 5.73 Å². The highest BCUT2D eigenvalue weighted by Gasteiger charge is 2.16. The SMILES string of the molecule is Cn1nc(N)c2ncc(N3CCC3)cc21. The van der Waals surface area contributed by atoms with Gasteiger partial charge in [0.25, 0.3) is 0 Å². The van der Waals surface area contributed by atoms with Gasteiger partial charge in [-0.1, -0.05) is 0 Å². The summed E-state index contributed by atoms with van der Waals surface area (Å²) >= 11 is 0. The molecule has 1 saturated heterocycles. The predicted octanol–water partition coefficient (Wildman–Crippen LogP) is 0.761. The second-order valence-electron chi connectivity index (χ2n) is 3.91. The first-order valence-corrected chi connectivity index (χ1v) is 5.09. The quantitative estimate of drug-likeness (QED) is 0.743. The lowest BCUT2D eigenvalue weighted by atomic mass is 10.2. The fourth-order valence-corrected chi connectivity index (χ4v) is 1.90. The Balaban J connectivity index is 2.16. The molecule has 0 aromatic carbocycles. The van der Waals surface area contributed by atoms with Crippen LogP contribution in [0.4, 0.5) is 11.5 Å². The van der Waals surface area contributed by atoms with Crippen molar-refractivity contribution in [2.45, 2.75) is 6.42 Å². The van der Waals surface area contributed by atoms with Crippen molar-refractivity contribution in [1.82, 2.24) is 14.8 Å². The minimum atomic E-state index is 0.502. The van der Waals surface area contributed by atoms with E-state index < -0.39 is 0 Å². The van der Waals surface area contributed by atoms with Gasteiger partial charge < -0.3 is 10.6 Å². The standard InChI is InChI=1S/C10H13N5/c1-14-8-5-7(15-3-2-4-15)6-12-9(8)10(11)13-14/h5-6H,2-4H2,1H3,(H2,11,13). The van der Waals surface area contributed by atoms with E-state index in [2.05, 4.69) is 21.0 Å². The number of pyridine rings is 1. The molecule has 2 aromatic heterocycles. The molecule has 15 heavy (non-hydrogen) atoms. The van der Waals surface area contributed by atoms with Gasteiger partial charge in [0.05, 0.1) is 17.4 Å². The first kappa shape index (κ1) is 8.52. The molecule has 1 aliphatic heterocycles. The minimum absolute atomic E-state index is 0.502. The lowest BCUT2D eigenvalue weighted by molar-refractivity contribution is 0.617. The van der Waals surface area contributed by atoms with Crippen molar-refractivity contribution in [2.24, 2.45) is 7.05 Å². The third-order valence-corrected chi connectivity index (χ3v) is 2.92. The van der Waals surface area contributed by atoms with Crippen molar-refractivity contribution >= 4 is 22.5 Å². The number of nitrogen functional groups attached to an aromatic ring is 1. The molecular formula is C10H13N5. The second-order valence-corrected chi connectivity index (χ2v) is 3.91. The zero-order valence-electron chi connectivity index (χ0n) is 8.64. The van der Waals surface area contributed by atoms with E-state index >= 15 is 0 Å². The summed E-state index contributed by atoms with van der Waals surface area (Å²) in [6, 6.07) is 2.10. The van der Waals surface area contributed by atoms with Crippen molar-refractivity contribution in [3.63, 3.8) is 0 Å². The summed E-state index contributed by atoms with van der Waals surface area (Å²) < 4.78 is 1.78. The van der Waals surface area contributed by atoms with Crippen LogP contribution >= 0.6 is 0 Å². The summed E-state index contributed by atoms with van der Waals surface area (Å²) in [7, 11) is 1.89. The average Bonchev–Trinajstić information content (AvgIpc) is 2.40. The van der Waals surface area contributed by atoms with Crippen molar-refractivity contribution in [3.05, 3.63) is 12.3 Å². The van der Waals surface area contributed by atoms with Crippen LogP contribution in [0.2, 0.25) is 0 Å². The predicted molar refractivity (Wildman–Crippen MR) is 59.8 cm³/mol. The van der Waals surface area contributed by atoms with E-state index in [0.717, 1.165) is 29.8 Å². The maximum atomic E-state index is 5.74. The number of hydrogen-bond acceptors (Lipinski definition) is 4. The van der Waals surface area contributed by atoms with Crippen LogP contribution in [0, 0.1) is 0 Å². The smallest absolute Gasteiger partial charge is 0.172 e. The molecule has 5 nitrogen and oxygen atoms in total. The number of anilines is 2. The molecule has 1 aliphatic rings. The number of nitrogens with zero attached hydrogens (tertiary/aromatic N) is 4. The summed E-state index contributed by atoms with van der Waals surface area (Å²) in [4.78, 5) is 6.66. The van der Waals surface area contributed by atoms with E-state index in [1.165, 1.54) is 6.42 Å².